The largest absolute Gasteiger partial charge is 0.456 e. The summed E-state index contributed by atoms with van der Waals surface area (Å²) in [5.41, 5.74) is 13.5. The standard InChI is InChI=1S/C60H45N3O2/c1-35-9-2-4-13-46(35)41-11-8-12-42(28-41)57-61-58(43-19-23-49-48-15-6-7-16-52(48)64-54(49)31-43)63-59(62-57)51-30-44(29-50-55-47-14-5-3-10-40(47)20-24-53(55)65-56(50)51)39-17-21-45(22-18-39)60-32-36-25-37(33-60)27-38(26-36)34-60/h2-24,28-31,36-38H,25-27,32-34H2,1H3. The lowest BCUT2D eigenvalue weighted by Crippen LogP contribution is -2.48. The summed E-state index contributed by atoms with van der Waals surface area (Å²) < 4.78 is 13.4. The van der Waals surface area contributed by atoms with Crippen molar-refractivity contribution in [3.63, 3.8) is 0 Å². The third-order valence-corrected chi connectivity index (χ3v) is 15.4. The zero-order valence-corrected chi connectivity index (χ0v) is 36.2. The van der Waals surface area contributed by atoms with Crippen LogP contribution in [0.25, 0.3) is 111 Å². The molecule has 11 aromatic rings. The lowest BCUT2D eigenvalue weighted by atomic mass is 9.48. The molecule has 4 fully saturated rings. The number of nitrogens with zero attached hydrogens (tertiary/aromatic N) is 3. The van der Waals surface area contributed by atoms with E-state index < -0.39 is 0 Å². The molecule has 3 heterocycles. The van der Waals surface area contributed by atoms with Gasteiger partial charge in [0.1, 0.15) is 22.3 Å². The predicted molar refractivity (Wildman–Crippen MR) is 264 cm³/mol. The highest BCUT2D eigenvalue weighted by molar-refractivity contribution is 6.21. The molecule has 0 radical (unpaired) electrons. The SMILES string of the molecule is Cc1ccccc1-c1cccc(-c2nc(-c3ccc4c(c3)oc3ccccc34)nc(-c3cc(-c4ccc(C56CC7CC(CC(C7)C5)C6)cc4)cc4c3oc3ccc5ccccc5c34)n2)c1. The Balaban J connectivity index is 0.986. The van der Waals surface area contributed by atoms with E-state index >= 15 is 0 Å². The summed E-state index contributed by atoms with van der Waals surface area (Å²) in [5.74, 6) is 4.40. The van der Waals surface area contributed by atoms with Crippen LogP contribution in [0, 0.1) is 24.7 Å². The second-order valence-electron chi connectivity index (χ2n) is 19.4. The maximum atomic E-state index is 6.95. The van der Waals surface area contributed by atoms with Crippen molar-refractivity contribution < 1.29 is 8.83 Å². The Morgan fingerprint density at radius 3 is 1.89 bits per heavy atom. The van der Waals surface area contributed by atoms with E-state index in [4.69, 9.17) is 23.8 Å². The third-order valence-electron chi connectivity index (χ3n) is 15.4. The highest BCUT2D eigenvalue weighted by atomic mass is 16.3. The molecule has 5 heteroatoms. The number of aromatic nitrogens is 3. The molecular weight excluding hydrogens is 795 g/mol. The molecular formula is C60H45N3O2. The number of aryl methyl sites for hydroxylation is 1. The van der Waals surface area contributed by atoms with Crippen LogP contribution in [0.3, 0.4) is 0 Å². The normalized spacial score (nSPS) is 20.2. The third kappa shape index (κ3) is 5.94. The lowest BCUT2D eigenvalue weighted by Gasteiger charge is -2.57. The molecule has 4 bridgehead atoms. The number of hydrogen-bond donors (Lipinski definition) is 0. The molecule has 15 rings (SSSR count). The summed E-state index contributed by atoms with van der Waals surface area (Å²) in [5, 5.41) is 6.62. The van der Waals surface area contributed by atoms with E-state index in [1.165, 1.54) is 66.2 Å². The van der Waals surface area contributed by atoms with Crippen LogP contribution in [0.2, 0.25) is 0 Å². The zero-order valence-electron chi connectivity index (χ0n) is 36.2. The van der Waals surface area contributed by atoms with Gasteiger partial charge in [-0.15, -0.1) is 0 Å². The van der Waals surface area contributed by atoms with Crippen molar-refractivity contribution in [2.45, 2.75) is 50.9 Å². The summed E-state index contributed by atoms with van der Waals surface area (Å²) >= 11 is 0. The number of para-hydroxylation sites is 1. The van der Waals surface area contributed by atoms with E-state index in [2.05, 4.69) is 153 Å². The topological polar surface area (TPSA) is 65.0 Å². The minimum atomic E-state index is 0.335. The van der Waals surface area contributed by atoms with Gasteiger partial charge >= 0.3 is 0 Å². The molecule has 5 nitrogen and oxygen atoms in total. The molecule has 0 spiro atoms. The monoisotopic (exact) mass is 839 g/mol. The van der Waals surface area contributed by atoms with Gasteiger partial charge in [0.15, 0.2) is 17.5 Å². The summed E-state index contributed by atoms with van der Waals surface area (Å²) in [6.07, 6.45) is 8.39. The molecule has 4 saturated carbocycles. The first-order valence-electron chi connectivity index (χ1n) is 23.3. The van der Waals surface area contributed by atoms with Gasteiger partial charge < -0.3 is 8.83 Å². The second kappa shape index (κ2) is 14.1. The van der Waals surface area contributed by atoms with Crippen LogP contribution in [0.1, 0.15) is 49.7 Å². The number of fused-ring (bicyclic) bond motifs is 8. The smallest absolute Gasteiger partial charge is 0.167 e. The van der Waals surface area contributed by atoms with Crippen molar-refractivity contribution in [1.29, 1.82) is 0 Å². The van der Waals surface area contributed by atoms with E-state index in [-0.39, 0.29) is 0 Å². The molecule has 0 amide bonds. The van der Waals surface area contributed by atoms with Gasteiger partial charge in [-0.3, -0.25) is 0 Å². The van der Waals surface area contributed by atoms with Crippen molar-refractivity contribution in [3.8, 4) is 56.4 Å². The van der Waals surface area contributed by atoms with E-state index in [0.29, 0.717) is 22.9 Å². The fourth-order valence-electron chi connectivity index (χ4n) is 12.8. The highest BCUT2D eigenvalue weighted by Gasteiger charge is 2.51. The first kappa shape index (κ1) is 37.0. The Hall–Kier alpha value is -7.37. The molecule has 0 aliphatic heterocycles. The average Bonchev–Trinajstić information content (AvgIpc) is 3.92. The highest BCUT2D eigenvalue weighted by Crippen LogP contribution is 2.61. The van der Waals surface area contributed by atoms with Gasteiger partial charge in [-0.1, -0.05) is 121 Å². The zero-order chi connectivity index (χ0) is 42.8. The van der Waals surface area contributed by atoms with Gasteiger partial charge in [0, 0.05) is 32.7 Å². The van der Waals surface area contributed by atoms with E-state index in [0.717, 1.165) is 94.8 Å². The number of benzene rings is 8. The lowest BCUT2D eigenvalue weighted by molar-refractivity contribution is -0.00518. The van der Waals surface area contributed by atoms with Crippen LogP contribution in [0.5, 0.6) is 0 Å². The van der Waals surface area contributed by atoms with Crippen LogP contribution in [-0.2, 0) is 5.41 Å². The van der Waals surface area contributed by atoms with E-state index in [1.807, 2.05) is 18.2 Å². The van der Waals surface area contributed by atoms with Crippen LogP contribution >= 0.6 is 0 Å². The van der Waals surface area contributed by atoms with Crippen molar-refractivity contribution >= 4 is 54.6 Å². The average molecular weight is 840 g/mol. The number of furan rings is 2. The van der Waals surface area contributed by atoms with E-state index in [1.54, 1.807) is 0 Å². The Bertz CT molecular complexity index is 3690. The number of rotatable bonds is 6. The summed E-state index contributed by atoms with van der Waals surface area (Å²) in [6, 6.07) is 58.5. The van der Waals surface area contributed by atoms with Crippen LogP contribution in [0.15, 0.2) is 173 Å². The fraction of sp³-hybridized carbons (Fsp3) is 0.183. The summed E-state index contributed by atoms with van der Waals surface area (Å²) in [4.78, 5) is 16.0. The quantitative estimate of drug-likeness (QED) is 0.167. The molecule has 8 aromatic carbocycles. The van der Waals surface area contributed by atoms with Crippen molar-refractivity contribution in [3.05, 3.63) is 175 Å². The predicted octanol–water partition coefficient (Wildman–Crippen LogP) is 15.9. The van der Waals surface area contributed by atoms with Crippen molar-refractivity contribution in [2.75, 3.05) is 0 Å². The van der Waals surface area contributed by atoms with Gasteiger partial charge in [-0.2, -0.15) is 0 Å². The maximum Gasteiger partial charge on any atom is 0.167 e. The molecule has 312 valence electrons. The summed E-state index contributed by atoms with van der Waals surface area (Å²) in [7, 11) is 0. The first-order valence-corrected chi connectivity index (χ1v) is 23.3. The van der Waals surface area contributed by atoms with Gasteiger partial charge in [0.25, 0.3) is 0 Å². The Labute approximate surface area is 376 Å². The first-order chi connectivity index (χ1) is 32.0. The molecule has 0 atom stereocenters. The van der Waals surface area contributed by atoms with Gasteiger partial charge in [-0.05, 0) is 155 Å². The molecule has 0 N–H and O–H groups in total. The Morgan fingerprint density at radius 1 is 0.431 bits per heavy atom. The fourth-order valence-corrected chi connectivity index (χ4v) is 12.8. The second-order valence-corrected chi connectivity index (χ2v) is 19.4. The molecule has 3 aromatic heterocycles. The molecule has 65 heavy (non-hydrogen) atoms. The van der Waals surface area contributed by atoms with Crippen LogP contribution in [-0.4, -0.2) is 15.0 Å². The van der Waals surface area contributed by atoms with Gasteiger partial charge in [0.2, 0.25) is 0 Å². The summed E-state index contributed by atoms with van der Waals surface area (Å²) in [6.45, 7) is 2.15. The van der Waals surface area contributed by atoms with Gasteiger partial charge in [0.05, 0.1) is 5.56 Å². The maximum absolute atomic E-state index is 6.95. The van der Waals surface area contributed by atoms with Gasteiger partial charge in [-0.25, -0.2) is 15.0 Å². The Morgan fingerprint density at radius 2 is 1.09 bits per heavy atom. The van der Waals surface area contributed by atoms with E-state index in [9.17, 15) is 0 Å². The number of hydrogen-bond acceptors (Lipinski definition) is 5. The van der Waals surface area contributed by atoms with Crippen molar-refractivity contribution in [1.82, 2.24) is 15.0 Å². The molecule has 0 saturated heterocycles. The van der Waals surface area contributed by atoms with Crippen molar-refractivity contribution in [2.24, 2.45) is 17.8 Å². The molecule has 0 unspecified atom stereocenters. The minimum Gasteiger partial charge on any atom is -0.456 e. The Kier molecular flexibility index (Phi) is 8.02. The molecule has 4 aliphatic rings. The van der Waals surface area contributed by atoms with Crippen LogP contribution < -0.4 is 0 Å². The molecule has 4 aliphatic carbocycles. The van der Waals surface area contributed by atoms with Crippen LogP contribution in [0.4, 0.5) is 0 Å². The minimum absolute atomic E-state index is 0.335.